The number of hydrogen-bond acceptors (Lipinski definition) is 4. The Bertz CT molecular complexity index is 1160. The highest BCUT2D eigenvalue weighted by molar-refractivity contribution is 6.08. The number of carbonyl (C=O) groups excluding carboxylic acids is 2. The van der Waals surface area contributed by atoms with Crippen LogP contribution in [0.25, 0.3) is 11.1 Å². The first-order valence-corrected chi connectivity index (χ1v) is 8.90. The molecule has 0 atom stereocenters. The molecule has 0 aliphatic heterocycles. The summed E-state index contributed by atoms with van der Waals surface area (Å²) in [6, 6.07) is 5.72. The number of rotatable bonds is 5. The number of nitrogens with one attached hydrogen (secondary N) is 1. The van der Waals surface area contributed by atoms with E-state index in [0.717, 1.165) is 30.3 Å². The van der Waals surface area contributed by atoms with E-state index in [9.17, 15) is 22.8 Å². The summed E-state index contributed by atoms with van der Waals surface area (Å²) in [7, 11) is 1.41. The topological polar surface area (TPSA) is 88.3 Å². The van der Waals surface area contributed by atoms with Crippen LogP contribution in [0.2, 0.25) is 0 Å². The third-order valence-electron chi connectivity index (χ3n) is 4.50. The highest BCUT2D eigenvalue weighted by Gasteiger charge is 2.25. The number of anilines is 2. The molecule has 1 aromatic heterocycles. The second-order valence-electron chi connectivity index (χ2n) is 6.38. The average molecular weight is 505 g/mol. The zero-order chi connectivity index (χ0) is 22.7. The third-order valence-corrected chi connectivity index (χ3v) is 4.50. The standard InChI is InChI=1S/C21H16F4N4O2.2ClH/c1-29(17(30)9-26)16-7-8-27-10-15(16)28-21(31)11-5-6-14(24)19(20(11)25)18-12(22)3-2-4-13(18)23;;/h2-8,10H,9,26H2,1H3,(H,28,31);2*1H. The quantitative estimate of drug-likeness (QED) is 0.506. The van der Waals surface area contributed by atoms with Crippen LogP contribution in [0.4, 0.5) is 28.9 Å². The summed E-state index contributed by atoms with van der Waals surface area (Å²) in [4.78, 5) is 29.6. The Kier molecular flexibility index (Phi) is 9.78. The number of nitrogens with zero attached hydrogens (tertiary/aromatic N) is 2. The van der Waals surface area contributed by atoms with Crippen LogP contribution in [0.1, 0.15) is 10.4 Å². The van der Waals surface area contributed by atoms with Gasteiger partial charge in [-0.1, -0.05) is 6.07 Å². The number of carbonyl (C=O) groups is 2. The molecule has 3 aromatic rings. The Hall–Kier alpha value is -3.21. The van der Waals surface area contributed by atoms with E-state index in [-0.39, 0.29) is 42.7 Å². The summed E-state index contributed by atoms with van der Waals surface area (Å²) in [6.45, 7) is -0.295. The summed E-state index contributed by atoms with van der Waals surface area (Å²) >= 11 is 0. The van der Waals surface area contributed by atoms with Gasteiger partial charge in [-0.2, -0.15) is 0 Å². The molecule has 2 aromatic carbocycles. The molecule has 0 spiro atoms. The van der Waals surface area contributed by atoms with Gasteiger partial charge >= 0.3 is 0 Å². The van der Waals surface area contributed by atoms with E-state index in [1.165, 1.54) is 30.4 Å². The summed E-state index contributed by atoms with van der Waals surface area (Å²) in [5.41, 5.74) is 3.00. The fourth-order valence-electron chi connectivity index (χ4n) is 2.93. The van der Waals surface area contributed by atoms with E-state index in [4.69, 9.17) is 5.73 Å². The predicted molar refractivity (Wildman–Crippen MR) is 121 cm³/mol. The van der Waals surface area contributed by atoms with Gasteiger partial charge in [-0.05, 0) is 30.3 Å². The fourth-order valence-corrected chi connectivity index (χ4v) is 2.93. The van der Waals surface area contributed by atoms with Crippen LogP contribution in [0, 0.1) is 23.3 Å². The molecule has 0 bridgehead atoms. The molecule has 12 heteroatoms. The minimum absolute atomic E-state index is 0. The van der Waals surface area contributed by atoms with Crippen LogP contribution in [-0.4, -0.2) is 30.4 Å². The first-order chi connectivity index (χ1) is 14.8. The van der Waals surface area contributed by atoms with Crippen molar-refractivity contribution in [3.05, 3.63) is 77.6 Å². The van der Waals surface area contributed by atoms with E-state index in [2.05, 4.69) is 10.3 Å². The number of halogens is 6. The Balaban J connectivity index is 0.00000272. The van der Waals surface area contributed by atoms with Crippen molar-refractivity contribution in [2.75, 3.05) is 23.8 Å². The molecule has 3 N–H and O–H groups in total. The van der Waals surface area contributed by atoms with Gasteiger partial charge in [-0.15, -0.1) is 24.8 Å². The number of hydrogen-bond donors (Lipinski definition) is 2. The van der Waals surface area contributed by atoms with E-state index in [1.807, 2.05) is 0 Å². The molecule has 33 heavy (non-hydrogen) atoms. The normalized spacial score (nSPS) is 10.0. The highest BCUT2D eigenvalue weighted by Crippen LogP contribution is 2.33. The van der Waals surface area contributed by atoms with Crippen molar-refractivity contribution in [2.45, 2.75) is 0 Å². The molecule has 0 aliphatic carbocycles. The van der Waals surface area contributed by atoms with Gasteiger partial charge < -0.3 is 16.0 Å². The van der Waals surface area contributed by atoms with Gasteiger partial charge in [0.2, 0.25) is 5.91 Å². The Labute approximate surface area is 198 Å². The molecular weight excluding hydrogens is 487 g/mol. The van der Waals surface area contributed by atoms with Crippen molar-refractivity contribution >= 4 is 48.0 Å². The lowest BCUT2D eigenvalue weighted by molar-refractivity contribution is -0.117. The molecule has 0 fully saturated rings. The third kappa shape index (κ3) is 5.59. The predicted octanol–water partition coefficient (Wildman–Crippen LogP) is 4.32. The summed E-state index contributed by atoms with van der Waals surface area (Å²) in [5, 5.41) is 2.37. The second kappa shape index (κ2) is 11.6. The SMILES string of the molecule is CN(C(=O)CN)c1ccncc1NC(=O)c1ccc(F)c(-c2c(F)cccc2F)c1F.Cl.Cl. The van der Waals surface area contributed by atoms with Gasteiger partial charge in [0.25, 0.3) is 5.91 Å². The molecule has 0 saturated heterocycles. The van der Waals surface area contributed by atoms with E-state index < -0.39 is 51.8 Å². The number of aromatic nitrogens is 1. The molecule has 0 radical (unpaired) electrons. The first kappa shape index (κ1) is 27.8. The maximum atomic E-state index is 15.0. The number of likely N-dealkylation sites (N-methyl/N-ethyl adjacent to an activating group) is 1. The molecule has 176 valence electrons. The van der Waals surface area contributed by atoms with Crippen molar-refractivity contribution in [3.8, 4) is 11.1 Å². The zero-order valence-electron chi connectivity index (χ0n) is 16.9. The second-order valence-corrected chi connectivity index (χ2v) is 6.38. The minimum atomic E-state index is -1.45. The Morgan fingerprint density at radius 3 is 2.18 bits per heavy atom. The van der Waals surface area contributed by atoms with Gasteiger partial charge in [0.1, 0.15) is 23.3 Å². The van der Waals surface area contributed by atoms with Crippen LogP contribution < -0.4 is 16.0 Å². The van der Waals surface area contributed by atoms with Gasteiger partial charge in [0, 0.05) is 13.2 Å². The molecule has 3 rings (SSSR count). The number of nitrogens with two attached hydrogens (primary N) is 1. The zero-order valence-corrected chi connectivity index (χ0v) is 18.6. The number of amides is 2. The van der Waals surface area contributed by atoms with E-state index in [0.29, 0.717) is 0 Å². The monoisotopic (exact) mass is 504 g/mol. The Morgan fingerprint density at radius 2 is 1.58 bits per heavy atom. The van der Waals surface area contributed by atoms with Crippen molar-refractivity contribution in [1.29, 1.82) is 0 Å². The largest absolute Gasteiger partial charge is 0.322 e. The van der Waals surface area contributed by atoms with Gasteiger partial charge in [-0.25, -0.2) is 17.6 Å². The van der Waals surface area contributed by atoms with Crippen molar-refractivity contribution in [3.63, 3.8) is 0 Å². The lowest BCUT2D eigenvalue weighted by Gasteiger charge is -2.20. The summed E-state index contributed by atoms with van der Waals surface area (Å²) in [6.07, 6.45) is 2.58. The number of benzene rings is 2. The highest BCUT2D eigenvalue weighted by atomic mass is 35.5. The van der Waals surface area contributed by atoms with Crippen LogP contribution in [0.3, 0.4) is 0 Å². The smallest absolute Gasteiger partial charge is 0.258 e. The Morgan fingerprint density at radius 1 is 0.970 bits per heavy atom. The maximum Gasteiger partial charge on any atom is 0.258 e. The molecule has 0 saturated carbocycles. The molecule has 0 aliphatic rings. The summed E-state index contributed by atoms with van der Waals surface area (Å²) in [5.74, 6) is -6.57. The molecule has 2 amide bonds. The summed E-state index contributed by atoms with van der Waals surface area (Å²) < 4.78 is 57.5. The van der Waals surface area contributed by atoms with Crippen LogP contribution >= 0.6 is 24.8 Å². The molecule has 6 nitrogen and oxygen atoms in total. The first-order valence-electron chi connectivity index (χ1n) is 8.90. The van der Waals surface area contributed by atoms with Crippen molar-refractivity contribution < 1.29 is 27.2 Å². The molecule has 1 heterocycles. The van der Waals surface area contributed by atoms with E-state index >= 15 is 4.39 Å². The lowest BCUT2D eigenvalue weighted by Crippen LogP contribution is -2.33. The van der Waals surface area contributed by atoms with Crippen molar-refractivity contribution in [1.82, 2.24) is 4.98 Å². The van der Waals surface area contributed by atoms with Crippen LogP contribution in [-0.2, 0) is 4.79 Å². The lowest BCUT2D eigenvalue weighted by atomic mass is 9.99. The van der Waals surface area contributed by atoms with Crippen LogP contribution in [0.5, 0.6) is 0 Å². The fraction of sp³-hybridized carbons (Fsp3) is 0.0952. The molecule has 0 unspecified atom stereocenters. The van der Waals surface area contributed by atoms with Gasteiger partial charge in [0.15, 0.2) is 0 Å². The van der Waals surface area contributed by atoms with Crippen molar-refractivity contribution in [2.24, 2.45) is 5.73 Å². The number of pyridine rings is 1. The minimum Gasteiger partial charge on any atom is -0.322 e. The van der Waals surface area contributed by atoms with Crippen LogP contribution in [0.15, 0.2) is 48.8 Å². The molecular formula is C21H18Cl2F4N4O2. The van der Waals surface area contributed by atoms with Gasteiger partial charge in [0.05, 0.1) is 40.8 Å². The maximum absolute atomic E-state index is 15.0. The average Bonchev–Trinajstić information content (AvgIpc) is 2.75. The van der Waals surface area contributed by atoms with E-state index in [1.54, 1.807) is 0 Å². The van der Waals surface area contributed by atoms with Gasteiger partial charge in [-0.3, -0.25) is 14.6 Å².